The average Bonchev–Trinajstić information content (AvgIpc) is 3.25. The third-order valence-corrected chi connectivity index (χ3v) is 5.53. The van der Waals surface area contributed by atoms with Crippen molar-refractivity contribution < 1.29 is 14.5 Å². The van der Waals surface area contributed by atoms with Gasteiger partial charge in [-0.15, -0.1) is 0 Å². The summed E-state index contributed by atoms with van der Waals surface area (Å²) in [5.41, 5.74) is 7.51. The van der Waals surface area contributed by atoms with Gasteiger partial charge in [0.15, 0.2) is 0 Å². The van der Waals surface area contributed by atoms with Crippen molar-refractivity contribution in [3.63, 3.8) is 0 Å². The monoisotopic (exact) mass is 442 g/mol. The molecule has 32 heavy (non-hydrogen) atoms. The summed E-state index contributed by atoms with van der Waals surface area (Å²) in [4.78, 5) is 35.8. The Labute approximate surface area is 187 Å². The molecule has 0 aliphatic carbocycles. The minimum atomic E-state index is -0.813. The van der Waals surface area contributed by atoms with Crippen LogP contribution >= 0.6 is 0 Å². The highest BCUT2D eigenvalue weighted by Crippen LogP contribution is 2.33. The molecule has 172 valence electrons. The van der Waals surface area contributed by atoms with Crippen LogP contribution in [0.25, 0.3) is 0 Å². The van der Waals surface area contributed by atoms with E-state index in [4.69, 9.17) is 10.5 Å². The van der Waals surface area contributed by atoms with Crippen LogP contribution in [0.5, 0.6) is 0 Å². The molecular formula is C22H30N6O4. The van der Waals surface area contributed by atoms with E-state index in [0.717, 1.165) is 25.2 Å². The lowest BCUT2D eigenvalue weighted by atomic mass is 10.1. The Balaban J connectivity index is 1.92. The summed E-state index contributed by atoms with van der Waals surface area (Å²) in [6.07, 6.45) is 2.47. The van der Waals surface area contributed by atoms with Crippen LogP contribution in [0.2, 0.25) is 0 Å². The van der Waals surface area contributed by atoms with Crippen molar-refractivity contribution >= 4 is 23.3 Å². The Morgan fingerprint density at radius 3 is 2.47 bits per heavy atom. The summed E-state index contributed by atoms with van der Waals surface area (Å²) in [7, 11) is 0. The molecule has 3 rings (SSSR count). The van der Waals surface area contributed by atoms with Gasteiger partial charge in [-0.2, -0.15) is 0 Å². The zero-order chi connectivity index (χ0) is 23.3. The number of esters is 1. The Morgan fingerprint density at radius 2 is 1.88 bits per heavy atom. The predicted octanol–water partition coefficient (Wildman–Crippen LogP) is 2.83. The fourth-order valence-corrected chi connectivity index (χ4v) is 3.88. The fraction of sp³-hybridized carbons (Fsp3) is 0.500. The minimum Gasteiger partial charge on any atom is -0.464 e. The average molecular weight is 443 g/mol. The number of likely N-dealkylation sites (tertiary alicyclic amines) is 1. The normalized spacial score (nSPS) is 14.8. The maximum Gasteiger partial charge on any atom is 0.353 e. The Kier molecular flexibility index (Phi) is 7.57. The van der Waals surface area contributed by atoms with E-state index in [1.54, 1.807) is 25.7 Å². The minimum absolute atomic E-state index is 0.00157. The van der Waals surface area contributed by atoms with Gasteiger partial charge in [0.25, 0.3) is 0 Å². The van der Waals surface area contributed by atoms with Gasteiger partial charge in [-0.1, -0.05) is 24.3 Å². The molecule has 2 heterocycles. The topological polar surface area (TPSA) is 128 Å². The van der Waals surface area contributed by atoms with Crippen LogP contribution in [-0.2, 0) is 22.6 Å². The van der Waals surface area contributed by atoms with Crippen LogP contribution in [-0.4, -0.2) is 51.5 Å². The van der Waals surface area contributed by atoms with Crippen molar-refractivity contribution in [1.82, 2.24) is 14.9 Å². The van der Waals surface area contributed by atoms with Gasteiger partial charge in [0.1, 0.15) is 11.9 Å². The van der Waals surface area contributed by atoms with Crippen molar-refractivity contribution in [2.45, 2.75) is 52.7 Å². The standard InChI is InChI=1S/C22H30N6O4/c1-4-32-22(29)15(2)27(21-19(28(30)31)20(23)24-16(3)25-21)14-18-9-7-17(8-10-18)13-26-11-5-6-12-26/h7-10,15H,4-6,11-14H2,1-3H3,(H2,23,24,25). The lowest BCUT2D eigenvalue weighted by molar-refractivity contribution is -0.383. The summed E-state index contributed by atoms with van der Waals surface area (Å²) in [6.45, 7) is 8.51. The van der Waals surface area contributed by atoms with Crippen molar-refractivity contribution in [2.75, 3.05) is 30.3 Å². The zero-order valence-corrected chi connectivity index (χ0v) is 18.8. The van der Waals surface area contributed by atoms with E-state index in [1.807, 2.05) is 12.1 Å². The molecule has 1 fully saturated rings. The first-order valence-electron chi connectivity index (χ1n) is 10.8. The van der Waals surface area contributed by atoms with Crippen LogP contribution in [0.4, 0.5) is 17.3 Å². The predicted molar refractivity (Wildman–Crippen MR) is 121 cm³/mol. The number of hydrogen-bond acceptors (Lipinski definition) is 9. The second-order valence-corrected chi connectivity index (χ2v) is 7.94. The molecule has 0 bridgehead atoms. The first-order chi connectivity index (χ1) is 15.3. The van der Waals surface area contributed by atoms with Crippen molar-refractivity contribution in [3.8, 4) is 0 Å². The maximum atomic E-state index is 12.5. The number of hydrogen-bond donors (Lipinski definition) is 1. The van der Waals surface area contributed by atoms with Gasteiger partial charge in [-0.3, -0.25) is 15.0 Å². The number of aromatic nitrogens is 2. The zero-order valence-electron chi connectivity index (χ0n) is 18.8. The number of nitrogen functional groups attached to an aromatic ring is 1. The maximum absolute atomic E-state index is 12.5. The number of aryl methyl sites for hydroxylation is 1. The molecule has 0 radical (unpaired) electrons. The lowest BCUT2D eigenvalue weighted by Crippen LogP contribution is -2.41. The van der Waals surface area contributed by atoms with Gasteiger partial charge in [-0.25, -0.2) is 14.8 Å². The van der Waals surface area contributed by atoms with E-state index in [-0.39, 0.29) is 30.6 Å². The van der Waals surface area contributed by atoms with Gasteiger partial charge < -0.3 is 15.4 Å². The van der Waals surface area contributed by atoms with E-state index in [9.17, 15) is 14.9 Å². The largest absolute Gasteiger partial charge is 0.464 e. The third kappa shape index (κ3) is 5.50. The van der Waals surface area contributed by atoms with Gasteiger partial charge >= 0.3 is 11.7 Å². The quantitative estimate of drug-likeness (QED) is 0.354. The Hall–Kier alpha value is -3.27. The second kappa shape index (κ2) is 10.4. The molecule has 0 amide bonds. The highest BCUT2D eigenvalue weighted by atomic mass is 16.6. The van der Waals surface area contributed by atoms with Crippen LogP contribution in [0.3, 0.4) is 0 Å². The molecule has 2 N–H and O–H groups in total. The number of benzene rings is 1. The molecule has 1 aliphatic heterocycles. The number of carbonyl (C=O) groups is 1. The van der Waals surface area contributed by atoms with E-state index in [0.29, 0.717) is 0 Å². The van der Waals surface area contributed by atoms with Crippen molar-refractivity contribution in [1.29, 1.82) is 0 Å². The van der Waals surface area contributed by atoms with Crippen molar-refractivity contribution in [3.05, 3.63) is 51.3 Å². The molecular weight excluding hydrogens is 412 g/mol. The van der Waals surface area contributed by atoms with Crippen LogP contribution in [0.15, 0.2) is 24.3 Å². The number of nitrogens with zero attached hydrogens (tertiary/aromatic N) is 5. The SMILES string of the molecule is CCOC(=O)C(C)N(Cc1ccc(CN2CCCC2)cc1)c1nc(C)nc(N)c1[N+](=O)[O-]. The molecule has 1 aromatic heterocycles. The van der Waals surface area contributed by atoms with Gasteiger partial charge in [-0.05, 0) is 57.8 Å². The summed E-state index contributed by atoms with van der Waals surface area (Å²) < 4.78 is 5.17. The van der Waals surface area contributed by atoms with E-state index in [1.165, 1.54) is 18.4 Å². The molecule has 1 aliphatic rings. The molecule has 2 aromatic rings. The molecule has 1 saturated heterocycles. The van der Waals surface area contributed by atoms with E-state index in [2.05, 4.69) is 27.0 Å². The Bertz CT molecular complexity index is 960. The first kappa shape index (κ1) is 23.4. The number of anilines is 2. The summed E-state index contributed by atoms with van der Waals surface area (Å²) >= 11 is 0. The van der Waals surface area contributed by atoms with Gasteiger partial charge in [0.05, 0.1) is 11.5 Å². The van der Waals surface area contributed by atoms with E-state index < -0.39 is 22.6 Å². The molecule has 1 atom stereocenters. The van der Waals surface area contributed by atoms with Crippen molar-refractivity contribution in [2.24, 2.45) is 0 Å². The van der Waals surface area contributed by atoms with Gasteiger partial charge in [0, 0.05) is 13.1 Å². The molecule has 0 saturated carbocycles. The van der Waals surface area contributed by atoms with E-state index >= 15 is 0 Å². The van der Waals surface area contributed by atoms with Crippen LogP contribution in [0.1, 0.15) is 43.6 Å². The highest BCUT2D eigenvalue weighted by molar-refractivity contribution is 5.81. The summed E-state index contributed by atoms with van der Waals surface area (Å²) in [5, 5.41) is 11.7. The van der Waals surface area contributed by atoms with Crippen LogP contribution in [0, 0.1) is 17.0 Å². The smallest absolute Gasteiger partial charge is 0.353 e. The lowest BCUT2D eigenvalue weighted by Gasteiger charge is -2.29. The van der Waals surface area contributed by atoms with Crippen LogP contribution < -0.4 is 10.6 Å². The first-order valence-corrected chi connectivity index (χ1v) is 10.8. The highest BCUT2D eigenvalue weighted by Gasteiger charge is 2.32. The molecule has 10 nitrogen and oxygen atoms in total. The molecule has 0 spiro atoms. The Morgan fingerprint density at radius 1 is 1.25 bits per heavy atom. The summed E-state index contributed by atoms with van der Waals surface area (Å²) in [6, 6.07) is 7.23. The third-order valence-electron chi connectivity index (χ3n) is 5.53. The molecule has 1 aromatic carbocycles. The number of nitrogens with two attached hydrogens (primary N) is 1. The number of nitro groups is 1. The number of carbonyl (C=O) groups excluding carboxylic acids is 1. The second-order valence-electron chi connectivity index (χ2n) is 7.94. The fourth-order valence-electron chi connectivity index (χ4n) is 3.88. The van der Waals surface area contributed by atoms with Gasteiger partial charge in [0.2, 0.25) is 11.6 Å². The summed E-state index contributed by atoms with van der Waals surface area (Å²) in [5.74, 6) is -0.450. The number of rotatable bonds is 9. The molecule has 1 unspecified atom stereocenters. The molecule has 10 heteroatoms. The number of ether oxygens (including phenoxy) is 1.